The summed E-state index contributed by atoms with van der Waals surface area (Å²) in [6.45, 7) is 5.79. The molecule has 0 N–H and O–H groups in total. The molecule has 0 aliphatic carbocycles. The number of esters is 2. The fourth-order valence-electron chi connectivity index (χ4n) is 2.02. The zero-order valence-corrected chi connectivity index (χ0v) is 13.0. The highest BCUT2D eigenvalue weighted by atomic mass is 16.5. The number of carbonyl (C=O) groups is 2. The largest absolute Gasteiger partial charge is 0.458 e. The van der Waals surface area contributed by atoms with Crippen LogP contribution in [0.15, 0.2) is 61.2 Å². The molecule has 2 aromatic carbocycles. The fraction of sp³-hybridized carbons (Fsp3) is 0.158. The van der Waals surface area contributed by atoms with Crippen LogP contribution in [-0.4, -0.2) is 25.2 Å². The summed E-state index contributed by atoms with van der Waals surface area (Å²) in [5, 5.41) is 1.70. The van der Waals surface area contributed by atoms with Gasteiger partial charge in [-0.2, -0.15) is 0 Å². The van der Waals surface area contributed by atoms with E-state index in [1.807, 2.05) is 13.0 Å². The maximum Gasteiger partial charge on any atom is 0.338 e. The number of hydrogen-bond donors (Lipinski definition) is 0. The first-order chi connectivity index (χ1) is 11.2. The molecule has 118 valence electrons. The number of hydrogen-bond acceptors (Lipinski definition) is 4. The molecule has 2 rings (SSSR count). The molecule has 2 aromatic rings. The van der Waals surface area contributed by atoms with Gasteiger partial charge in [-0.15, -0.1) is 0 Å². The molecule has 4 heteroatoms. The Balaban J connectivity index is 2.19. The van der Waals surface area contributed by atoms with Crippen molar-refractivity contribution in [3.05, 3.63) is 72.3 Å². The van der Waals surface area contributed by atoms with Gasteiger partial charge < -0.3 is 9.47 Å². The van der Waals surface area contributed by atoms with E-state index in [-0.39, 0.29) is 19.2 Å². The summed E-state index contributed by atoms with van der Waals surface area (Å²) in [6.07, 6.45) is 5.10. The lowest BCUT2D eigenvalue weighted by molar-refractivity contribution is 0.0540. The first-order valence-corrected chi connectivity index (χ1v) is 7.26. The predicted octanol–water partition coefficient (Wildman–Crippen LogP) is 3.92. The molecule has 0 unspecified atom stereocenters. The summed E-state index contributed by atoms with van der Waals surface area (Å²) in [5.41, 5.74) is 0.937. The predicted molar refractivity (Wildman–Crippen MR) is 89.5 cm³/mol. The smallest absolute Gasteiger partial charge is 0.338 e. The van der Waals surface area contributed by atoms with Gasteiger partial charge in [0.05, 0.1) is 11.1 Å². The zero-order valence-electron chi connectivity index (χ0n) is 13.0. The van der Waals surface area contributed by atoms with E-state index in [9.17, 15) is 9.59 Å². The van der Waals surface area contributed by atoms with Crippen LogP contribution in [0.25, 0.3) is 10.8 Å². The molecular formula is C19H18O4. The Kier molecular flexibility index (Phi) is 5.69. The molecule has 0 spiro atoms. The highest BCUT2D eigenvalue weighted by Crippen LogP contribution is 2.19. The van der Waals surface area contributed by atoms with Crippen molar-refractivity contribution in [3.63, 3.8) is 0 Å². The highest BCUT2D eigenvalue weighted by Gasteiger charge is 2.10. The molecule has 0 aromatic heterocycles. The molecule has 0 radical (unpaired) electrons. The molecule has 0 fully saturated rings. The number of fused-ring (bicyclic) bond motifs is 1. The molecule has 4 nitrogen and oxygen atoms in total. The third-order valence-electron chi connectivity index (χ3n) is 3.19. The first-order valence-electron chi connectivity index (χ1n) is 7.26. The van der Waals surface area contributed by atoms with E-state index in [1.165, 1.54) is 6.08 Å². The Morgan fingerprint density at radius 2 is 1.48 bits per heavy atom. The second kappa shape index (κ2) is 7.94. The summed E-state index contributed by atoms with van der Waals surface area (Å²) in [5.74, 6) is -0.777. The van der Waals surface area contributed by atoms with Crippen molar-refractivity contribution in [3.8, 4) is 0 Å². The van der Waals surface area contributed by atoms with E-state index in [2.05, 4.69) is 6.58 Å². The van der Waals surface area contributed by atoms with Crippen molar-refractivity contribution in [2.45, 2.75) is 6.92 Å². The number of benzene rings is 2. The van der Waals surface area contributed by atoms with Crippen LogP contribution in [0.5, 0.6) is 0 Å². The summed E-state index contributed by atoms with van der Waals surface area (Å²) < 4.78 is 10.1. The Hall–Kier alpha value is -2.88. The zero-order chi connectivity index (χ0) is 16.7. The van der Waals surface area contributed by atoms with Crippen LogP contribution in [0.2, 0.25) is 0 Å². The topological polar surface area (TPSA) is 52.6 Å². The Bertz CT molecular complexity index is 759. The van der Waals surface area contributed by atoms with Gasteiger partial charge >= 0.3 is 11.9 Å². The molecule has 0 saturated carbocycles. The number of carbonyl (C=O) groups excluding carboxylic acids is 2. The Morgan fingerprint density at radius 3 is 1.96 bits per heavy atom. The SMILES string of the molecule is C=CCOC(=O)c1ccc2cc(C(=O)OC/C=C/C)ccc2c1. The second-order valence-electron chi connectivity index (χ2n) is 4.83. The maximum absolute atomic E-state index is 11.9. The molecule has 0 aliphatic heterocycles. The average Bonchev–Trinajstić information content (AvgIpc) is 2.58. The molecule has 0 saturated heterocycles. The van der Waals surface area contributed by atoms with Gasteiger partial charge in [0.1, 0.15) is 13.2 Å². The fourth-order valence-corrected chi connectivity index (χ4v) is 2.02. The van der Waals surface area contributed by atoms with Gasteiger partial charge in [-0.05, 0) is 42.0 Å². The lowest BCUT2D eigenvalue weighted by Crippen LogP contribution is -2.06. The van der Waals surface area contributed by atoms with E-state index in [0.717, 1.165) is 10.8 Å². The van der Waals surface area contributed by atoms with Gasteiger partial charge in [-0.1, -0.05) is 36.9 Å². The van der Waals surface area contributed by atoms with E-state index in [1.54, 1.807) is 42.5 Å². The van der Waals surface area contributed by atoms with Crippen LogP contribution in [0.3, 0.4) is 0 Å². The van der Waals surface area contributed by atoms with E-state index in [0.29, 0.717) is 11.1 Å². The summed E-state index contributed by atoms with van der Waals surface area (Å²) in [6, 6.07) is 10.4. The van der Waals surface area contributed by atoms with Crippen molar-refractivity contribution in [2.24, 2.45) is 0 Å². The van der Waals surface area contributed by atoms with Gasteiger partial charge in [0.25, 0.3) is 0 Å². The summed E-state index contributed by atoms with van der Waals surface area (Å²) >= 11 is 0. The van der Waals surface area contributed by atoms with Gasteiger partial charge in [0.2, 0.25) is 0 Å². The molecule has 0 bridgehead atoms. The van der Waals surface area contributed by atoms with Crippen LogP contribution in [0.4, 0.5) is 0 Å². The number of rotatable bonds is 6. The monoisotopic (exact) mass is 310 g/mol. The number of ether oxygens (including phenoxy) is 2. The van der Waals surface area contributed by atoms with Crippen molar-refractivity contribution >= 4 is 22.7 Å². The number of allylic oxidation sites excluding steroid dienone is 1. The van der Waals surface area contributed by atoms with E-state index < -0.39 is 5.97 Å². The summed E-state index contributed by atoms with van der Waals surface area (Å²) in [4.78, 5) is 23.7. The molecule has 0 atom stereocenters. The van der Waals surface area contributed by atoms with Gasteiger partial charge in [-0.25, -0.2) is 9.59 Å². The lowest BCUT2D eigenvalue weighted by Gasteiger charge is -2.06. The lowest BCUT2D eigenvalue weighted by atomic mass is 10.0. The maximum atomic E-state index is 11.9. The van der Waals surface area contributed by atoms with Crippen LogP contribution in [-0.2, 0) is 9.47 Å². The molecule has 0 amide bonds. The highest BCUT2D eigenvalue weighted by molar-refractivity contribution is 5.99. The van der Waals surface area contributed by atoms with Crippen molar-refractivity contribution in [1.82, 2.24) is 0 Å². The molecule has 0 aliphatic rings. The Morgan fingerprint density at radius 1 is 0.957 bits per heavy atom. The van der Waals surface area contributed by atoms with Crippen molar-refractivity contribution in [1.29, 1.82) is 0 Å². The second-order valence-corrected chi connectivity index (χ2v) is 4.83. The normalized spacial score (nSPS) is 10.7. The minimum atomic E-state index is -0.401. The standard InChI is InChI=1S/C19H18O4/c1-3-5-11-23-19(21)17-9-7-14-12-16(8-6-15(14)13-17)18(20)22-10-4-2/h3-9,12-13H,2,10-11H2,1H3/b5-3+. The average molecular weight is 310 g/mol. The van der Waals surface area contributed by atoms with Crippen LogP contribution >= 0.6 is 0 Å². The van der Waals surface area contributed by atoms with Crippen molar-refractivity contribution in [2.75, 3.05) is 13.2 Å². The quantitative estimate of drug-likeness (QED) is 0.599. The van der Waals surface area contributed by atoms with Crippen LogP contribution in [0.1, 0.15) is 27.6 Å². The minimum absolute atomic E-state index is 0.174. The third-order valence-corrected chi connectivity index (χ3v) is 3.19. The molecule has 0 heterocycles. The molecule has 23 heavy (non-hydrogen) atoms. The van der Waals surface area contributed by atoms with E-state index >= 15 is 0 Å². The summed E-state index contributed by atoms with van der Waals surface area (Å²) in [7, 11) is 0. The van der Waals surface area contributed by atoms with E-state index in [4.69, 9.17) is 9.47 Å². The minimum Gasteiger partial charge on any atom is -0.458 e. The van der Waals surface area contributed by atoms with Crippen LogP contribution in [0, 0.1) is 0 Å². The van der Waals surface area contributed by atoms with Crippen molar-refractivity contribution < 1.29 is 19.1 Å². The third kappa shape index (κ3) is 4.30. The molecular weight excluding hydrogens is 292 g/mol. The first kappa shape index (κ1) is 16.5. The Labute approximate surface area is 135 Å². The van der Waals surface area contributed by atoms with Gasteiger partial charge in [0.15, 0.2) is 0 Å². The van der Waals surface area contributed by atoms with Crippen LogP contribution < -0.4 is 0 Å². The van der Waals surface area contributed by atoms with Gasteiger partial charge in [0, 0.05) is 0 Å². The van der Waals surface area contributed by atoms with Gasteiger partial charge in [-0.3, -0.25) is 0 Å².